The summed E-state index contributed by atoms with van der Waals surface area (Å²) in [5, 5.41) is 13.0. The highest BCUT2D eigenvalue weighted by Gasteiger charge is 2.20. The van der Waals surface area contributed by atoms with Gasteiger partial charge in [0.1, 0.15) is 0 Å². The molecule has 3 heteroatoms. The van der Waals surface area contributed by atoms with Crippen molar-refractivity contribution in [3.05, 3.63) is 0 Å². The summed E-state index contributed by atoms with van der Waals surface area (Å²) in [5.41, 5.74) is -0.612. The van der Waals surface area contributed by atoms with Crippen LogP contribution < -0.4 is 5.32 Å². The van der Waals surface area contributed by atoms with Crippen LogP contribution in [0.2, 0.25) is 0 Å². The number of hydrogen-bond acceptors (Lipinski definition) is 3. The topological polar surface area (TPSA) is 32.3 Å². The van der Waals surface area contributed by atoms with Crippen molar-refractivity contribution in [1.82, 2.24) is 5.32 Å². The lowest BCUT2D eigenvalue weighted by atomic mass is 10.0. The van der Waals surface area contributed by atoms with Gasteiger partial charge in [-0.25, -0.2) is 0 Å². The Labute approximate surface area is 92.9 Å². The molecule has 0 rings (SSSR count). The number of aliphatic hydroxyl groups is 1. The van der Waals surface area contributed by atoms with Gasteiger partial charge < -0.3 is 10.4 Å². The lowest BCUT2D eigenvalue weighted by Gasteiger charge is -2.26. The molecular formula is C11H25NOS. The maximum Gasteiger partial charge on any atom is 0.0741 e. The third-order valence-corrected chi connectivity index (χ3v) is 3.23. The van der Waals surface area contributed by atoms with E-state index in [9.17, 15) is 5.11 Å². The van der Waals surface area contributed by atoms with Crippen molar-refractivity contribution in [3.8, 4) is 0 Å². The number of hydrogen-bond donors (Lipinski definition) is 2. The van der Waals surface area contributed by atoms with Gasteiger partial charge in [-0.1, -0.05) is 6.42 Å². The molecule has 0 radical (unpaired) electrons. The van der Waals surface area contributed by atoms with Gasteiger partial charge in [-0.2, -0.15) is 11.8 Å². The first kappa shape index (κ1) is 14.3. The molecular weight excluding hydrogens is 194 g/mol. The second kappa shape index (κ2) is 7.55. The minimum absolute atomic E-state index is 0.169. The molecule has 2 nitrogen and oxygen atoms in total. The van der Waals surface area contributed by atoms with E-state index in [1.165, 1.54) is 25.0 Å². The lowest BCUT2D eigenvalue weighted by Crippen LogP contribution is -2.44. The van der Waals surface area contributed by atoms with Gasteiger partial charge in [-0.05, 0) is 52.2 Å². The van der Waals surface area contributed by atoms with Crippen molar-refractivity contribution < 1.29 is 5.11 Å². The van der Waals surface area contributed by atoms with Gasteiger partial charge in [0.15, 0.2) is 0 Å². The van der Waals surface area contributed by atoms with Crippen molar-refractivity contribution in [3.63, 3.8) is 0 Å². The first-order valence-electron chi connectivity index (χ1n) is 5.43. The van der Waals surface area contributed by atoms with Crippen LogP contribution >= 0.6 is 11.8 Å². The maximum atomic E-state index is 9.66. The summed E-state index contributed by atoms with van der Waals surface area (Å²) in [5.74, 6) is 1.26. The summed E-state index contributed by atoms with van der Waals surface area (Å²) in [6.45, 7) is 6.73. The smallest absolute Gasteiger partial charge is 0.0741 e. The van der Waals surface area contributed by atoms with Gasteiger partial charge in [0, 0.05) is 6.04 Å². The molecule has 0 aliphatic heterocycles. The van der Waals surface area contributed by atoms with Crippen LogP contribution in [0, 0.1) is 0 Å². The van der Waals surface area contributed by atoms with E-state index in [1.54, 1.807) is 0 Å². The maximum absolute atomic E-state index is 9.66. The Kier molecular flexibility index (Phi) is 7.69. The van der Waals surface area contributed by atoms with Crippen molar-refractivity contribution >= 4 is 11.8 Å². The Morgan fingerprint density at radius 2 is 1.93 bits per heavy atom. The second-order valence-electron chi connectivity index (χ2n) is 4.38. The van der Waals surface area contributed by atoms with Crippen LogP contribution in [0.15, 0.2) is 0 Å². The van der Waals surface area contributed by atoms with Gasteiger partial charge >= 0.3 is 0 Å². The molecule has 86 valence electrons. The summed E-state index contributed by atoms with van der Waals surface area (Å²) >= 11 is 1.91. The van der Waals surface area contributed by atoms with Gasteiger partial charge in [0.2, 0.25) is 0 Å². The Balaban J connectivity index is 3.28. The molecule has 0 fully saturated rings. The van der Waals surface area contributed by atoms with Gasteiger partial charge in [0.05, 0.1) is 5.60 Å². The average Bonchev–Trinajstić information content (AvgIpc) is 2.09. The Morgan fingerprint density at radius 3 is 2.43 bits per heavy atom. The molecule has 0 aromatic heterocycles. The highest BCUT2D eigenvalue weighted by Crippen LogP contribution is 2.07. The zero-order valence-corrected chi connectivity index (χ0v) is 10.8. The lowest BCUT2D eigenvalue weighted by molar-refractivity contribution is 0.0443. The molecule has 0 aliphatic rings. The zero-order chi connectivity index (χ0) is 11.0. The molecule has 0 amide bonds. The van der Waals surface area contributed by atoms with Gasteiger partial charge in [0.25, 0.3) is 0 Å². The Morgan fingerprint density at radius 1 is 1.29 bits per heavy atom. The third-order valence-electron chi connectivity index (χ3n) is 2.54. The van der Waals surface area contributed by atoms with E-state index < -0.39 is 5.60 Å². The molecule has 0 aromatic carbocycles. The molecule has 0 aromatic rings. The van der Waals surface area contributed by atoms with Crippen LogP contribution in [0.25, 0.3) is 0 Å². The molecule has 0 saturated heterocycles. The highest BCUT2D eigenvalue weighted by atomic mass is 32.2. The van der Waals surface area contributed by atoms with Crippen molar-refractivity contribution in [1.29, 1.82) is 0 Å². The molecule has 14 heavy (non-hydrogen) atoms. The minimum atomic E-state index is -0.612. The SMILES string of the molecule is CSCCCCCNC(C)C(C)(C)O. The van der Waals surface area contributed by atoms with Crippen molar-refractivity contribution in [2.24, 2.45) is 0 Å². The predicted octanol–water partition coefficient (Wildman–Crippen LogP) is 2.27. The molecule has 0 bridgehead atoms. The molecule has 0 aliphatic carbocycles. The normalized spacial score (nSPS) is 14.4. The fourth-order valence-corrected chi connectivity index (χ4v) is 1.61. The van der Waals surface area contributed by atoms with E-state index in [1.807, 2.05) is 32.5 Å². The van der Waals surface area contributed by atoms with E-state index in [0.29, 0.717) is 0 Å². The quantitative estimate of drug-likeness (QED) is 0.614. The largest absolute Gasteiger partial charge is 0.389 e. The van der Waals surface area contributed by atoms with Gasteiger partial charge in [-0.15, -0.1) is 0 Å². The van der Waals surface area contributed by atoms with Crippen molar-refractivity contribution in [2.75, 3.05) is 18.6 Å². The molecule has 2 N–H and O–H groups in total. The van der Waals surface area contributed by atoms with Crippen LogP contribution in [0.5, 0.6) is 0 Å². The fourth-order valence-electron chi connectivity index (χ4n) is 1.12. The fraction of sp³-hybridized carbons (Fsp3) is 1.00. The van der Waals surface area contributed by atoms with E-state index in [0.717, 1.165) is 6.54 Å². The molecule has 0 saturated carbocycles. The molecule has 0 spiro atoms. The monoisotopic (exact) mass is 219 g/mol. The number of thioether (sulfide) groups is 1. The van der Waals surface area contributed by atoms with Crippen LogP contribution in [0.1, 0.15) is 40.0 Å². The van der Waals surface area contributed by atoms with Crippen LogP contribution in [-0.2, 0) is 0 Å². The first-order chi connectivity index (χ1) is 6.48. The number of rotatable bonds is 8. The molecule has 1 atom stereocenters. The minimum Gasteiger partial charge on any atom is -0.389 e. The van der Waals surface area contributed by atoms with E-state index >= 15 is 0 Å². The summed E-state index contributed by atoms with van der Waals surface area (Å²) < 4.78 is 0. The summed E-state index contributed by atoms with van der Waals surface area (Å²) in [7, 11) is 0. The van der Waals surface area contributed by atoms with Crippen LogP contribution in [0.3, 0.4) is 0 Å². The van der Waals surface area contributed by atoms with Gasteiger partial charge in [-0.3, -0.25) is 0 Å². The van der Waals surface area contributed by atoms with Crippen LogP contribution in [0.4, 0.5) is 0 Å². The summed E-state index contributed by atoms with van der Waals surface area (Å²) in [4.78, 5) is 0. The third kappa shape index (κ3) is 7.65. The zero-order valence-electron chi connectivity index (χ0n) is 9.97. The van der Waals surface area contributed by atoms with E-state index in [-0.39, 0.29) is 6.04 Å². The standard InChI is InChI=1S/C11H25NOS/c1-10(11(2,3)13)12-8-6-5-7-9-14-4/h10,12-13H,5-9H2,1-4H3. The predicted molar refractivity (Wildman–Crippen MR) is 66.0 cm³/mol. The second-order valence-corrected chi connectivity index (χ2v) is 5.37. The summed E-state index contributed by atoms with van der Waals surface area (Å²) in [6.07, 6.45) is 5.95. The van der Waals surface area contributed by atoms with E-state index in [4.69, 9.17) is 0 Å². The Hall–Kier alpha value is 0.270. The highest BCUT2D eigenvalue weighted by molar-refractivity contribution is 7.98. The summed E-state index contributed by atoms with van der Waals surface area (Å²) in [6, 6.07) is 0.169. The average molecular weight is 219 g/mol. The van der Waals surface area contributed by atoms with E-state index in [2.05, 4.69) is 11.6 Å². The van der Waals surface area contributed by atoms with Crippen molar-refractivity contribution in [2.45, 2.75) is 51.7 Å². The van der Waals surface area contributed by atoms with Crippen LogP contribution in [-0.4, -0.2) is 35.3 Å². The molecule has 0 heterocycles. The first-order valence-corrected chi connectivity index (χ1v) is 6.82. The molecule has 1 unspecified atom stereocenters. The number of unbranched alkanes of at least 4 members (excludes halogenated alkanes) is 2. The number of nitrogens with one attached hydrogen (secondary N) is 1. The Bertz CT molecular complexity index is 134.